The molecule has 0 atom stereocenters. The van der Waals surface area contributed by atoms with Crippen molar-refractivity contribution in [2.45, 2.75) is 57.9 Å². The van der Waals surface area contributed by atoms with Gasteiger partial charge >= 0.3 is 0 Å². The summed E-state index contributed by atoms with van der Waals surface area (Å²) in [6, 6.07) is 45.1. The molecule has 5 aromatic carbocycles. The number of nitrogens with zero attached hydrogens (tertiary/aromatic N) is 3. The van der Waals surface area contributed by atoms with Crippen molar-refractivity contribution in [3.05, 3.63) is 171 Å². The van der Waals surface area contributed by atoms with Crippen molar-refractivity contribution in [3.8, 4) is 10.4 Å². The first-order valence-corrected chi connectivity index (χ1v) is 22.8. The number of rotatable bonds is 11. The van der Waals surface area contributed by atoms with Crippen molar-refractivity contribution < 1.29 is 4.57 Å². The highest BCUT2D eigenvalue weighted by atomic mass is 32.2. The number of hydrogen-bond donors (Lipinski definition) is 0. The highest BCUT2D eigenvalue weighted by Crippen LogP contribution is 2.49. The summed E-state index contributed by atoms with van der Waals surface area (Å²) in [5, 5.41) is 7.43. The Kier molecular flexibility index (Phi) is 10.7. The smallest absolute Gasteiger partial charge is 0.263 e. The summed E-state index contributed by atoms with van der Waals surface area (Å²) in [7, 11) is 2.16. The first-order chi connectivity index (χ1) is 27.8. The van der Waals surface area contributed by atoms with E-state index in [1.54, 1.807) is 0 Å². The molecule has 0 amide bonds. The molecular formula is C51H50N3S3+. The second-order valence-corrected chi connectivity index (χ2v) is 19.3. The van der Waals surface area contributed by atoms with Gasteiger partial charge in [-0.25, -0.2) is 0 Å². The molecule has 0 saturated carbocycles. The molecule has 0 radical (unpaired) electrons. The van der Waals surface area contributed by atoms with Gasteiger partial charge in [0.2, 0.25) is 5.52 Å². The Labute approximate surface area is 350 Å². The highest BCUT2D eigenvalue weighted by Gasteiger charge is 2.30. The van der Waals surface area contributed by atoms with Crippen LogP contribution in [0.25, 0.3) is 37.5 Å². The van der Waals surface area contributed by atoms with Gasteiger partial charge in [-0.1, -0.05) is 122 Å². The summed E-state index contributed by atoms with van der Waals surface area (Å²) in [6.45, 7) is 9.95. The third kappa shape index (κ3) is 8.27. The van der Waals surface area contributed by atoms with Gasteiger partial charge in [0.15, 0.2) is 6.54 Å². The fraction of sp³-hybridized carbons (Fsp3) is 0.235. The maximum Gasteiger partial charge on any atom is 0.263 e. The van der Waals surface area contributed by atoms with Crippen molar-refractivity contribution >= 4 is 72.9 Å². The molecule has 3 heterocycles. The summed E-state index contributed by atoms with van der Waals surface area (Å²) in [5.74, 6) is 0. The Morgan fingerprint density at radius 1 is 0.789 bits per heavy atom. The van der Waals surface area contributed by atoms with E-state index in [0.717, 1.165) is 45.3 Å². The standard InChI is InChI=1S/C51H50N3S3/c1-5-52(4)43-20-17-37(18-21-43)24-26-53-44-32-42(46-16-11-27-55-46)19-22-47(44)56-49(53)29-38-28-39(35-51(2,3)34-38)30-50-54(25-23-36-12-7-6-8-13-36)45-31-40-14-9-10-15-41(40)33-48(45)57-50/h6-22,27-33H,5,23-26,34-35H2,1-4H3/q+1. The molecule has 3 nitrogen and oxygen atoms in total. The predicted octanol–water partition coefficient (Wildman–Crippen LogP) is 13.6. The number of thiophene rings is 1. The molecule has 57 heavy (non-hydrogen) atoms. The molecule has 2 aliphatic rings. The van der Waals surface area contributed by atoms with Gasteiger partial charge < -0.3 is 9.80 Å². The van der Waals surface area contributed by atoms with E-state index in [2.05, 4.69) is 187 Å². The molecule has 0 N–H and O–H groups in total. The van der Waals surface area contributed by atoms with Crippen LogP contribution < -0.4 is 14.4 Å². The van der Waals surface area contributed by atoms with Crippen molar-refractivity contribution in [2.24, 2.45) is 5.41 Å². The molecule has 9 rings (SSSR count). The molecule has 0 saturated heterocycles. The number of benzene rings is 5. The number of thioether (sulfide) groups is 1. The van der Waals surface area contributed by atoms with Crippen LogP contribution in [0.3, 0.4) is 0 Å². The zero-order valence-electron chi connectivity index (χ0n) is 33.4. The van der Waals surface area contributed by atoms with Gasteiger partial charge in [0.25, 0.3) is 5.01 Å². The van der Waals surface area contributed by atoms with Crippen molar-refractivity contribution in [1.82, 2.24) is 0 Å². The fourth-order valence-electron chi connectivity index (χ4n) is 8.40. The van der Waals surface area contributed by atoms with Crippen molar-refractivity contribution in [3.63, 3.8) is 0 Å². The second kappa shape index (κ2) is 16.2. The van der Waals surface area contributed by atoms with Crippen LogP contribution in [-0.4, -0.2) is 20.1 Å². The molecule has 6 heteroatoms. The molecule has 0 unspecified atom stereocenters. The van der Waals surface area contributed by atoms with Gasteiger partial charge in [-0.15, -0.1) is 11.3 Å². The minimum absolute atomic E-state index is 0.147. The third-order valence-corrected chi connectivity index (χ3v) is 14.6. The molecule has 1 aliphatic carbocycles. The van der Waals surface area contributed by atoms with E-state index in [-0.39, 0.29) is 5.41 Å². The first-order valence-electron chi connectivity index (χ1n) is 20.2. The molecule has 0 fully saturated rings. The molecular weight excluding hydrogens is 751 g/mol. The maximum absolute atomic E-state index is 2.59. The Morgan fingerprint density at radius 2 is 1.56 bits per heavy atom. The fourth-order valence-corrected chi connectivity index (χ4v) is 11.5. The Balaban J connectivity index is 1.07. The lowest BCUT2D eigenvalue weighted by atomic mass is 9.75. The molecule has 1 aliphatic heterocycles. The zero-order chi connectivity index (χ0) is 38.9. The van der Waals surface area contributed by atoms with Crippen LogP contribution in [0.15, 0.2) is 160 Å². The lowest BCUT2D eigenvalue weighted by molar-refractivity contribution is -0.668. The van der Waals surface area contributed by atoms with Crippen LogP contribution in [0.4, 0.5) is 11.4 Å². The Morgan fingerprint density at radius 3 is 2.33 bits per heavy atom. The normalized spacial score (nSPS) is 16.5. The summed E-state index contributed by atoms with van der Waals surface area (Å²) < 4.78 is 3.92. The van der Waals surface area contributed by atoms with Crippen LogP contribution in [0, 0.1) is 5.41 Å². The minimum Gasteiger partial charge on any atom is -0.375 e. The van der Waals surface area contributed by atoms with E-state index >= 15 is 0 Å². The second-order valence-electron chi connectivity index (χ2n) is 16.3. The Bertz CT molecular complexity index is 2630. The number of allylic oxidation sites excluding steroid dienone is 4. The number of aromatic nitrogens is 1. The molecule has 0 spiro atoms. The van der Waals surface area contributed by atoms with Gasteiger partial charge in [-0.3, -0.25) is 0 Å². The number of thiazole rings is 1. The van der Waals surface area contributed by atoms with Gasteiger partial charge in [-0.05, 0) is 118 Å². The lowest BCUT2D eigenvalue weighted by Crippen LogP contribution is -2.36. The van der Waals surface area contributed by atoms with E-state index in [1.165, 1.54) is 80.0 Å². The van der Waals surface area contributed by atoms with Gasteiger partial charge in [0.05, 0.1) is 10.7 Å². The molecule has 2 aromatic heterocycles. The van der Waals surface area contributed by atoms with E-state index in [0.29, 0.717) is 0 Å². The average Bonchev–Trinajstić information content (AvgIpc) is 3.95. The van der Waals surface area contributed by atoms with Crippen LogP contribution >= 0.6 is 34.4 Å². The molecule has 7 aromatic rings. The van der Waals surface area contributed by atoms with Crippen LogP contribution in [0.2, 0.25) is 0 Å². The quantitative estimate of drug-likeness (QED) is 0.121. The zero-order valence-corrected chi connectivity index (χ0v) is 35.8. The average molecular weight is 801 g/mol. The van der Waals surface area contributed by atoms with E-state index < -0.39 is 0 Å². The first kappa shape index (κ1) is 37.7. The maximum atomic E-state index is 2.59. The lowest BCUT2D eigenvalue weighted by Gasteiger charge is -2.31. The van der Waals surface area contributed by atoms with Gasteiger partial charge in [0, 0.05) is 54.2 Å². The topological polar surface area (TPSA) is 10.4 Å². The largest absolute Gasteiger partial charge is 0.375 e. The van der Waals surface area contributed by atoms with Crippen LogP contribution in [-0.2, 0) is 19.4 Å². The van der Waals surface area contributed by atoms with E-state index in [4.69, 9.17) is 0 Å². The van der Waals surface area contributed by atoms with Crippen LogP contribution in [0.5, 0.6) is 0 Å². The van der Waals surface area contributed by atoms with Gasteiger partial charge in [-0.2, -0.15) is 4.57 Å². The van der Waals surface area contributed by atoms with Crippen molar-refractivity contribution in [1.29, 1.82) is 0 Å². The number of fused-ring (bicyclic) bond motifs is 3. The number of anilines is 2. The molecule has 286 valence electrons. The number of hydrogen-bond acceptors (Lipinski definition) is 5. The summed E-state index contributed by atoms with van der Waals surface area (Å²) in [4.78, 5) is 7.53. The number of aryl methyl sites for hydroxylation is 2. The summed E-state index contributed by atoms with van der Waals surface area (Å²) in [5.41, 5.74) is 10.9. The predicted molar refractivity (Wildman–Crippen MR) is 249 cm³/mol. The van der Waals surface area contributed by atoms with E-state index in [1.807, 2.05) is 34.4 Å². The minimum atomic E-state index is 0.147. The third-order valence-electron chi connectivity index (χ3n) is 11.4. The molecule has 0 bridgehead atoms. The van der Waals surface area contributed by atoms with Crippen molar-refractivity contribution in [2.75, 3.05) is 29.9 Å². The monoisotopic (exact) mass is 800 g/mol. The van der Waals surface area contributed by atoms with E-state index in [9.17, 15) is 0 Å². The Hall–Kier alpha value is -4.88. The summed E-state index contributed by atoms with van der Waals surface area (Å²) in [6.07, 6.45) is 11.6. The van der Waals surface area contributed by atoms with Gasteiger partial charge in [0.1, 0.15) is 4.70 Å². The summed E-state index contributed by atoms with van der Waals surface area (Å²) >= 11 is 5.67. The SMILES string of the molecule is CCN(C)c1ccc(CCN2C(=CC3=CC(=Cc4sc5cc6ccccc6cc5[n+]4CCc4ccccc4)CC(C)(C)C3)Sc3ccc(-c4cccs4)cc32)cc1. The highest BCUT2D eigenvalue weighted by molar-refractivity contribution is 8.03. The van der Waals surface area contributed by atoms with Crippen LogP contribution in [0.1, 0.15) is 49.7 Å².